The summed E-state index contributed by atoms with van der Waals surface area (Å²) in [4.78, 5) is 10.6. The number of carbonyl (C=O) groups is 1. The molecular weight excluding hydrogens is 264 g/mol. The van der Waals surface area contributed by atoms with E-state index in [2.05, 4.69) is 5.10 Å². The van der Waals surface area contributed by atoms with Crippen molar-refractivity contribution in [1.82, 2.24) is 9.78 Å². The monoisotopic (exact) mass is 278 g/mol. The second kappa shape index (κ2) is 5.89. The standard InChI is InChI=1S/C14H15ClN2O2/c1-3-17-13(14(15)10(2)16-17)9-19-12-6-4-11(8-18)5-7-12/h4-8H,3,9H2,1-2H3. The quantitative estimate of drug-likeness (QED) is 0.789. The minimum absolute atomic E-state index is 0.355. The Morgan fingerprint density at radius 2 is 2.05 bits per heavy atom. The fourth-order valence-electron chi connectivity index (χ4n) is 1.80. The smallest absolute Gasteiger partial charge is 0.150 e. The number of aldehydes is 1. The fraction of sp³-hybridized carbons (Fsp3) is 0.286. The van der Waals surface area contributed by atoms with Gasteiger partial charge in [0.15, 0.2) is 0 Å². The third-order valence-corrected chi connectivity index (χ3v) is 3.34. The number of nitrogens with zero attached hydrogens (tertiary/aromatic N) is 2. The maximum atomic E-state index is 10.6. The lowest BCUT2D eigenvalue weighted by atomic mass is 10.2. The number of hydrogen-bond donors (Lipinski definition) is 0. The number of halogens is 1. The predicted molar refractivity (Wildman–Crippen MR) is 73.8 cm³/mol. The van der Waals surface area contributed by atoms with E-state index in [0.717, 1.165) is 24.2 Å². The van der Waals surface area contributed by atoms with Crippen LogP contribution in [0.5, 0.6) is 5.75 Å². The lowest BCUT2D eigenvalue weighted by molar-refractivity contribution is 0.112. The van der Waals surface area contributed by atoms with Crippen molar-refractivity contribution >= 4 is 17.9 Å². The van der Waals surface area contributed by atoms with Gasteiger partial charge in [0.1, 0.15) is 18.6 Å². The maximum absolute atomic E-state index is 10.6. The molecule has 0 aliphatic rings. The fourth-order valence-corrected chi connectivity index (χ4v) is 1.99. The van der Waals surface area contributed by atoms with Gasteiger partial charge in [0.05, 0.1) is 16.4 Å². The minimum atomic E-state index is 0.355. The van der Waals surface area contributed by atoms with E-state index in [0.29, 0.717) is 22.9 Å². The molecule has 0 aliphatic carbocycles. The van der Waals surface area contributed by atoms with Crippen LogP contribution in [0.25, 0.3) is 0 Å². The highest BCUT2D eigenvalue weighted by molar-refractivity contribution is 6.31. The highest BCUT2D eigenvalue weighted by Crippen LogP contribution is 2.22. The molecule has 19 heavy (non-hydrogen) atoms. The van der Waals surface area contributed by atoms with Crippen LogP contribution in [0.2, 0.25) is 5.02 Å². The lowest BCUT2D eigenvalue weighted by Crippen LogP contribution is -2.06. The van der Waals surface area contributed by atoms with Gasteiger partial charge in [0.25, 0.3) is 0 Å². The molecule has 1 heterocycles. The zero-order valence-electron chi connectivity index (χ0n) is 10.9. The van der Waals surface area contributed by atoms with Crippen molar-refractivity contribution in [3.05, 3.63) is 46.2 Å². The van der Waals surface area contributed by atoms with Crippen molar-refractivity contribution in [2.24, 2.45) is 0 Å². The van der Waals surface area contributed by atoms with Crippen LogP contribution in [0.15, 0.2) is 24.3 Å². The molecule has 100 valence electrons. The van der Waals surface area contributed by atoms with Gasteiger partial charge in [-0.1, -0.05) is 11.6 Å². The first-order valence-corrected chi connectivity index (χ1v) is 6.43. The Labute approximate surface area is 116 Å². The molecule has 0 amide bonds. The van der Waals surface area contributed by atoms with Gasteiger partial charge in [-0.15, -0.1) is 0 Å². The molecule has 5 heteroatoms. The molecule has 0 N–H and O–H groups in total. The molecule has 2 aromatic rings. The molecule has 0 radical (unpaired) electrons. The van der Waals surface area contributed by atoms with Gasteiger partial charge in [-0.25, -0.2) is 0 Å². The first-order chi connectivity index (χ1) is 9.15. The van der Waals surface area contributed by atoms with Gasteiger partial charge in [0, 0.05) is 12.1 Å². The van der Waals surface area contributed by atoms with Crippen LogP contribution in [0, 0.1) is 6.92 Å². The summed E-state index contributed by atoms with van der Waals surface area (Å²) in [6.45, 7) is 4.98. The number of aryl methyl sites for hydroxylation is 2. The first kappa shape index (κ1) is 13.6. The molecule has 1 aromatic carbocycles. The molecule has 0 fully saturated rings. The molecule has 0 aliphatic heterocycles. The van der Waals surface area contributed by atoms with E-state index < -0.39 is 0 Å². The number of rotatable bonds is 5. The number of carbonyl (C=O) groups excluding carboxylic acids is 1. The van der Waals surface area contributed by atoms with Crippen LogP contribution in [0.3, 0.4) is 0 Å². The van der Waals surface area contributed by atoms with Crippen LogP contribution in [0.4, 0.5) is 0 Å². The van der Waals surface area contributed by atoms with Crippen molar-refractivity contribution in [3.63, 3.8) is 0 Å². The number of ether oxygens (including phenoxy) is 1. The van der Waals surface area contributed by atoms with Crippen molar-refractivity contribution in [3.8, 4) is 5.75 Å². The molecule has 0 spiro atoms. The Hall–Kier alpha value is -1.81. The Balaban J connectivity index is 2.11. The third kappa shape index (κ3) is 2.96. The van der Waals surface area contributed by atoms with Crippen molar-refractivity contribution in [2.45, 2.75) is 27.0 Å². The molecule has 0 atom stereocenters. The van der Waals surface area contributed by atoms with E-state index in [9.17, 15) is 4.79 Å². The second-order valence-electron chi connectivity index (χ2n) is 4.14. The Morgan fingerprint density at radius 3 is 2.63 bits per heavy atom. The zero-order chi connectivity index (χ0) is 13.8. The molecule has 0 saturated heterocycles. The third-order valence-electron chi connectivity index (χ3n) is 2.84. The molecule has 0 saturated carbocycles. The molecule has 1 aromatic heterocycles. The summed E-state index contributed by atoms with van der Waals surface area (Å²) in [5.41, 5.74) is 2.29. The predicted octanol–water partition coefficient (Wildman–Crippen LogP) is 3.26. The van der Waals surface area contributed by atoms with Gasteiger partial charge in [-0.05, 0) is 38.1 Å². The molecular formula is C14H15ClN2O2. The van der Waals surface area contributed by atoms with E-state index in [-0.39, 0.29) is 0 Å². The van der Waals surface area contributed by atoms with Crippen LogP contribution in [-0.4, -0.2) is 16.1 Å². The summed E-state index contributed by atoms with van der Waals surface area (Å²) in [5, 5.41) is 4.97. The summed E-state index contributed by atoms with van der Waals surface area (Å²) in [5.74, 6) is 0.697. The highest BCUT2D eigenvalue weighted by atomic mass is 35.5. The Morgan fingerprint density at radius 1 is 1.37 bits per heavy atom. The first-order valence-electron chi connectivity index (χ1n) is 6.05. The average Bonchev–Trinajstić information content (AvgIpc) is 2.72. The normalized spacial score (nSPS) is 10.5. The van der Waals surface area contributed by atoms with Crippen LogP contribution in [0.1, 0.15) is 28.7 Å². The van der Waals surface area contributed by atoms with Gasteiger partial charge in [0.2, 0.25) is 0 Å². The summed E-state index contributed by atoms with van der Waals surface area (Å²) in [6.07, 6.45) is 0.802. The molecule has 0 unspecified atom stereocenters. The Bertz CT molecular complexity index is 576. The summed E-state index contributed by atoms with van der Waals surface area (Å²) < 4.78 is 7.50. The average molecular weight is 279 g/mol. The van der Waals surface area contributed by atoms with Crippen LogP contribution < -0.4 is 4.74 Å². The van der Waals surface area contributed by atoms with Gasteiger partial charge < -0.3 is 4.74 Å². The van der Waals surface area contributed by atoms with Crippen LogP contribution in [-0.2, 0) is 13.2 Å². The van der Waals surface area contributed by atoms with E-state index in [1.165, 1.54) is 0 Å². The van der Waals surface area contributed by atoms with Crippen molar-refractivity contribution < 1.29 is 9.53 Å². The Kier molecular flexibility index (Phi) is 4.22. The van der Waals surface area contributed by atoms with Gasteiger partial charge in [-0.3, -0.25) is 9.48 Å². The lowest BCUT2D eigenvalue weighted by Gasteiger charge is -2.08. The summed E-state index contributed by atoms with van der Waals surface area (Å²) in [6, 6.07) is 6.95. The van der Waals surface area contributed by atoms with Gasteiger partial charge >= 0.3 is 0 Å². The topological polar surface area (TPSA) is 44.1 Å². The van der Waals surface area contributed by atoms with Crippen molar-refractivity contribution in [1.29, 1.82) is 0 Å². The minimum Gasteiger partial charge on any atom is -0.487 e. The second-order valence-corrected chi connectivity index (χ2v) is 4.52. The van der Waals surface area contributed by atoms with E-state index in [4.69, 9.17) is 16.3 Å². The zero-order valence-corrected chi connectivity index (χ0v) is 11.6. The highest BCUT2D eigenvalue weighted by Gasteiger charge is 2.12. The molecule has 2 rings (SSSR count). The van der Waals surface area contributed by atoms with E-state index >= 15 is 0 Å². The number of benzene rings is 1. The van der Waals surface area contributed by atoms with Crippen molar-refractivity contribution in [2.75, 3.05) is 0 Å². The maximum Gasteiger partial charge on any atom is 0.150 e. The number of hydrogen-bond acceptors (Lipinski definition) is 3. The number of aromatic nitrogens is 2. The molecule has 0 bridgehead atoms. The summed E-state index contributed by atoms with van der Waals surface area (Å²) in [7, 11) is 0. The SMILES string of the molecule is CCn1nc(C)c(Cl)c1COc1ccc(C=O)cc1. The van der Waals surface area contributed by atoms with Gasteiger partial charge in [-0.2, -0.15) is 5.10 Å². The largest absolute Gasteiger partial charge is 0.487 e. The van der Waals surface area contributed by atoms with Crippen LogP contribution >= 0.6 is 11.6 Å². The molecule has 4 nitrogen and oxygen atoms in total. The van der Waals surface area contributed by atoms with E-state index in [1.807, 2.05) is 18.5 Å². The van der Waals surface area contributed by atoms with E-state index in [1.54, 1.807) is 24.3 Å². The summed E-state index contributed by atoms with van der Waals surface area (Å²) >= 11 is 6.20.